The summed E-state index contributed by atoms with van der Waals surface area (Å²) < 4.78 is 14.1. The number of rotatable bonds is 3. The van der Waals surface area contributed by atoms with Crippen LogP contribution >= 0.6 is 15.9 Å². The van der Waals surface area contributed by atoms with Gasteiger partial charge in [0.15, 0.2) is 0 Å². The zero-order valence-corrected chi connectivity index (χ0v) is 12.0. The Morgan fingerprint density at radius 3 is 2.43 bits per heavy atom. The fourth-order valence-electron chi connectivity index (χ4n) is 1.66. The van der Waals surface area contributed by atoms with Crippen molar-refractivity contribution in [2.24, 2.45) is 0 Å². The second kappa shape index (κ2) is 5.92. The van der Waals surface area contributed by atoms with Crippen LogP contribution in [-0.2, 0) is 0 Å². The van der Waals surface area contributed by atoms with Crippen LogP contribution in [0.15, 0.2) is 40.9 Å². The quantitative estimate of drug-likeness (QED) is 0.790. The number of carboxylic acid groups (broad SMARTS) is 1. The minimum absolute atomic E-state index is 0.155. The lowest BCUT2D eigenvalue weighted by molar-refractivity contribution is 0.0693. The predicted octanol–water partition coefficient (Wildman–Crippen LogP) is 3.24. The van der Waals surface area contributed by atoms with Gasteiger partial charge in [0.2, 0.25) is 0 Å². The van der Waals surface area contributed by atoms with Crippen LogP contribution in [0.4, 0.5) is 10.1 Å². The molecule has 5 nitrogen and oxygen atoms in total. The van der Waals surface area contributed by atoms with Gasteiger partial charge in [-0.3, -0.25) is 4.79 Å². The number of carbonyl (C=O) groups is 2. The number of nitrogens with one attached hydrogen (secondary N) is 1. The number of carboxylic acids is 1. The Bertz CT molecular complexity index is 733. The van der Waals surface area contributed by atoms with E-state index in [0.29, 0.717) is 4.47 Å². The summed E-state index contributed by atoms with van der Waals surface area (Å²) in [4.78, 5) is 22.7. The number of benzene rings is 2. The van der Waals surface area contributed by atoms with Gasteiger partial charge in [-0.1, -0.05) is 15.9 Å². The maximum Gasteiger partial charge on any atom is 0.339 e. The van der Waals surface area contributed by atoms with E-state index in [1.165, 1.54) is 18.2 Å². The van der Waals surface area contributed by atoms with Crippen molar-refractivity contribution < 1.29 is 24.2 Å². The summed E-state index contributed by atoms with van der Waals surface area (Å²) in [6.45, 7) is 0. The Morgan fingerprint density at radius 2 is 1.81 bits per heavy atom. The number of phenols is 1. The van der Waals surface area contributed by atoms with E-state index in [1.54, 1.807) is 0 Å². The van der Waals surface area contributed by atoms with E-state index in [-0.39, 0.29) is 16.8 Å². The average Bonchev–Trinajstić information content (AvgIpc) is 2.41. The minimum atomic E-state index is -1.29. The van der Waals surface area contributed by atoms with Gasteiger partial charge >= 0.3 is 5.97 Å². The molecule has 0 aromatic heterocycles. The number of aromatic hydroxyl groups is 1. The van der Waals surface area contributed by atoms with Crippen molar-refractivity contribution in [2.75, 3.05) is 5.32 Å². The largest absolute Gasteiger partial charge is 0.507 e. The molecule has 2 aromatic carbocycles. The van der Waals surface area contributed by atoms with Crippen LogP contribution in [0.5, 0.6) is 5.75 Å². The standard InChI is InChI=1S/C14H9BrFNO4/c15-7-1-4-11(16)10(5-7)13(19)17-8-2-3-9(14(20)21)12(18)6-8/h1-6,18H,(H,17,19)(H,20,21). The molecule has 0 bridgehead atoms. The first-order valence-corrected chi connectivity index (χ1v) is 6.50. The third-order valence-electron chi connectivity index (χ3n) is 2.66. The van der Waals surface area contributed by atoms with Crippen LogP contribution in [0.1, 0.15) is 20.7 Å². The molecule has 0 spiro atoms. The molecule has 0 radical (unpaired) electrons. The molecule has 0 unspecified atom stereocenters. The number of hydrogen-bond acceptors (Lipinski definition) is 3. The fraction of sp³-hybridized carbons (Fsp3) is 0. The van der Waals surface area contributed by atoms with Gasteiger partial charge in [-0.25, -0.2) is 9.18 Å². The van der Waals surface area contributed by atoms with E-state index >= 15 is 0 Å². The summed E-state index contributed by atoms with van der Waals surface area (Å²) in [5, 5.41) is 20.7. The molecule has 7 heteroatoms. The molecule has 0 heterocycles. The summed E-state index contributed by atoms with van der Waals surface area (Å²) >= 11 is 3.14. The van der Waals surface area contributed by atoms with E-state index in [2.05, 4.69) is 21.2 Å². The summed E-state index contributed by atoms with van der Waals surface area (Å²) in [6.07, 6.45) is 0. The first kappa shape index (κ1) is 15.0. The van der Waals surface area contributed by atoms with Gasteiger partial charge in [0, 0.05) is 16.2 Å². The highest BCUT2D eigenvalue weighted by Crippen LogP contribution is 2.23. The van der Waals surface area contributed by atoms with Crippen molar-refractivity contribution in [2.45, 2.75) is 0 Å². The normalized spacial score (nSPS) is 10.2. The van der Waals surface area contributed by atoms with E-state index in [9.17, 15) is 19.1 Å². The van der Waals surface area contributed by atoms with Crippen LogP contribution in [0.25, 0.3) is 0 Å². The molecule has 2 aromatic rings. The molecular formula is C14H9BrFNO4. The molecule has 3 N–H and O–H groups in total. The topological polar surface area (TPSA) is 86.6 Å². The first-order chi connectivity index (χ1) is 9.88. The van der Waals surface area contributed by atoms with E-state index in [4.69, 9.17) is 5.11 Å². The molecule has 0 saturated carbocycles. The molecule has 2 rings (SSSR count). The highest BCUT2D eigenvalue weighted by molar-refractivity contribution is 9.10. The van der Waals surface area contributed by atoms with Crippen LogP contribution in [0, 0.1) is 5.82 Å². The molecule has 1 amide bonds. The van der Waals surface area contributed by atoms with Crippen LogP contribution < -0.4 is 5.32 Å². The fourth-order valence-corrected chi connectivity index (χ4v) is 2.02. The molecule has 0 aliphatic carbocycles. The van der Waals surface area contributed by atoms with E-state index in [1.807, 2.05) is 0 Å². The lowest BCUT2D eigenvalue weighted by atomic mass is 10.1. The zero-order valence-electron chi connectivity index (χ0n) is 10.4. The van der Waals surface area contributed by atoms with Gasteiger partial charge < -0.3 is 15.5 Å². The van der Waals surface area contributed by atoms with Gasteiger partial charge in [0.25, 0.3) is 5.91 Å². The van der Waals surface area contributed by atoms with Gasteiger partial charge in [0.1, 0.15) is 17.1 Å². The number of amides is 1. The van der Waals surface area contributed by atoms with Crippen molar-refractivity contribution >= 4 is 33.5 Å². The van der Waals surface area contributed by atoms with Crippen LogP contribution in [0.2, 0.25) is 0 Å². The summed E-state index contributed by atoms with van der Waals surface area (Å²) in [5.41, 5.74) is -0.310. The minimum Gasteiger partial charge on any atom is -0.507 e. The molecule has 0 atom stereocenters. The lowest BCUT2D eigenvalue weighted by Crippen LogP contribution is -2.14. The SMILES string of the molecule is O=C(O)c1ccc(NC(=O)c2cc(Br)ccc2F)cc1O. The number of hydrogen-bond donors (Lipinski definition) is 3. The summed E-state index contributed by atoms with van der Waals surface area (Å²) in [6, 6.07) is 7.44. The van der Waals surface area contributed by atoms with Crippen molar-refractivity contribution in [3.63, 3.8) is 0 Å². The summed E-state index contributed by atoms with van der Waals surface area (Å²) in [7, 11) is 0. The smallest absolute Gasteiger partial charge is 0.339 e. The van der Waals surface area contributed by atoms with Gasteiger partial charge in [0.05, 0.1) is 5.56 Å². The van der Waals surface area contributed by atoms with E-state index < -0.39 is 23.4 Å². The predicted molar refractivity (Wildman–Crippen MR) is 77.1 cm³/mol. The van der Waals surface area contributed by atoms with Crippen molar-refractivity contribution in [3.05, 3.63) is 57.8 Å². The Kier molecular flexibility index (Phi) is 4.23. The lowest BCUT2D eigenvalue weighted by Gasteiger charge is -2.08. The first-order valence-electron chi connectivity index (χ1n) is 5.71. The molecule has 0 saturated heterocycles. The Hall–Kier alpha value is -2.41. The second-order valence-corrected chi connectivity index (χ2v) is 5.03. The Morgan fingerprint density at radius 1 is 1.10 bits per heavy atom. The number of anilines is 1. The molecule has 0 aliphatic heterocycles. The molecule has 0 aliphatic rings. The third kappa shape index (κ3) is 3.38. The Balaban J connectivity index is 2.26. The van der Waals surface area contributed by atoms with Gasteiger partial charge in [-0.2, -0.15) is 0 Å². The van der Waals surface area contributed by atoms with Crippen molar-refractivity contribution in [1.82, 2.24) is 0 Å². The summed E-state index contributed by atoms with van der Waals surface area (Å²) in [5.74, 6) is -3.18. The maximum atomic E-state index is 13.6. The number of carbonyl (C=O) groups excluding carboxylic acids is 1. The molecule has 21 heavy (non-hydrogen) atoms. The van der Waals surface area contributed by atoms with Crippen LogP contribution in [0.3, 0.4) is 0 Å². The second-order valence-electron chi connectivity index (χ2n) is 4.12. The van der Waals surface area contributed by atoms with Gasteiger partial charge in [-0.15, -0.1) is 0 Å². The zero-order chi connectivity index (χ0) is 15.6. The van der Waals surface area contributed by atoms with Crippen LogP contribution in [-0.4, -0.2) is 22.1 Å². The highest BCUT2D eigenvalue weighted by atomic mass is 79.9. The molecule has 108 valence electrons. The molecule has 0 fully saturated rings. The van der Waals surface area contributed by atoms with E-state index in [0.717, 1.165) is 18.2 Å². The third-order valence-corrected chi connectivity index (χ3v) is 3.15. The average molecular weight is 354 g/mol. The monoisotopic (exact) mass is 353 g/mol. The van der Waals surface area contributed by atoms with Crippen molar-refractivity contribution in [1.29, 1.82) is 0 Å². The number of halogens is 2. The van der Waals surface area contributed by atoms with Gasteiger partial charge in [-0.05, 0) is 30.3 Å². The highest BCUT2D eigenvalue weighted by Gasteiger charge is 2.14. The Labute approximate surface area is 127 Å². The van der Waals surface area contributed by atoms with Crippen molar-refractivity contribution in [3.8, 4) is 5.75 Å². The maximum absolute atomic E-state index is 13.6. The molecular weight excluding hydrogens is 345 g/mol. The number of aromatic carboxylic acids is 1.